The van der Waals surface area contributed by atoms with Crippen molar-refractivity contribution in [2.24, 2.45) is 0 Å². The van der Waals surface area contributed by atoms with E-state index in [2.05, 4.69) is 0 Å². The van der Waals surface area contributed by atoms with Crippen LogP contribution in [0, 0.1) is 10.1 Å². The van der Waals surface area contributed by atoms with Crippen LogP contribution in [0.5, 0.6) is 0 Å². The first-order valence-corrected chi connectivity index (χ1v) is 10.6. The second-order valence-electron chi connectivity index (χ2n) is 6.82. The van der Waals surface area contributed by atoms with E-state index in [-0.39, 0.29) is 43.3 Å². The highest BCUT2D eigenvalue weighted by Gasteiger charge is 2.33. The zero-order valence-corrected chi connectivity index (χ0v) is 15.9. The number of carbonyl (C=O) groups excluding carboxylic acids is 1. The van der Waals surface area contributed by atoms with Crippen LogP contribution in [-0.2, 0) is 10.2 Å². The number of hydrogen-bond acceptors (Lipinski definition) is 5. The number of nitrogens with zero attached hydrogens (tertiary/aromatic N) is 4. The Balaban J connectivity index is 1.63. The van der Waals surface area contributed by atoms with Gasteiger partial charge in [-0.1, -0.05) is 18.9 Å². The molecule has 0 aliphatic carbocycles. The van der Waals surface area contributed by atoms with Gasteiger partial charge >= 0.3 is 0 Å². The molecule has 1 aromatic carbocycles. The molecule has 0 aromatic heterocycles. The molecule has 148 valence electrons. The molecule has 0 spiro atoms. The van der Waals surface area contributed by atoms with Gasteiger partial charge in [-0.05, 0) is 18.9 Å². The highest BCUT2D eigenvalue weighted by Crippen LogP contribution is 2.20. The Morgan fingerprint density at radius 1 is 0.926 bits per heavy atom. The molecular formula is C17H24N4O5S. The van der Waals surface area contributed by atoms with Crippen molar-refractivity contribution in [1.82, 2.24) is 13.5 Å². The normalized spacial score (nSPS) is 20.2. The lowest BCUT2D eigenvalue weighted by atomic mass is 10.1. The first-order valence-electron chi connectivity index (χ1n) is 9.18. The molecule has 0 radical (unpaired) electrons. The zero-order chi connectivity index (χ0) is 19.4. The smallest absolute Gasteiger partial charge is 0.282 e. The van der Waals surface area contributed by atoms with Crippen molar-refractivity contribution in [3.63, 3.8) is 0 Å². The molecule has 0 N–H and O–H groups in total. The summed E-state index contributed by atoms with van der Waals surface area (Å²) in [6.45, 7) is 2.12. The standard InChI is InChI=1S/C17H24N4O5S/c22-17(15-6-5-7-16(14-15)21(23)24)18-10-12-20(13-11-18)27(25,26)19-8-3-1-2-4-9-19/h5-7,14H,1-4,8-13H2. The number of non-ortho nitro benzene ring substituents is 1. The van der Waals surface area contributed by atoms with Crippen LogP contribution in [0.25, 0.3) is 0 Å². The van der Waals surface area contributed by atoms with Gasteiger partial charge in [0.15, 0.2) is 0 Å². The summed E-state index contributed by atoms with van der Waals surface area (Å²) in [5.74, 6) is -0.314. The second-order valence-corrected chi connectivity index (χ2v) is 8.75. The lowest BCUT2D eigenvalue weighted by Crippen LogP contribution is -2.54. The molecule has 0 unspecified atom stereocenters. The third-order valence-electron chi connectivity index (χ3n) is 5.05. The largest absolute Gasteiger partial charge is 0.336 e. The summed E-state index contributed by atoms with van der Waals surface area (Å²) in [6, 6.07) is 5.60. The van der Waals surface area contributed by atoms with Gasteiger partial charge in [0.1, 0.15) is 0 Å². The van der Waals surface area contributed by atoms with Crippen molar-refractivity contribution in [2.75, 3.05) is 39.3 Å². The Bertz CT molecular complexity index is 797. The average Bonchev–Trinajstić information content (AvgIpc) is 2.98. The Morgan fingerprint density at radius 2 is 1.52 bits per heavy atom. The summed E-state index contributed by atoms with van der Waals surface area (Å²) in [5, 5.41) is 10.9. The van der Waals surface area contributed by atoms with Gasteiger partial charge in [0.25, 0.3) is 21.8 Å². The molecule has 0 bridgehead atoms. The molecule has 0 saturated carbocycles. The van der Waals surface area contributed by atoms with Crippen molar-refractivity contribution in [3.8, 4) is 0 Å². The summed E-state index contributed by atoms with van der Waals surface area (Å²) >= 11 is 0. The van der Waals surface area contributed by atoms with Crippen LogP contribution in [0.2, 0.25) is 0 Å². The molecule has 2 aliphatic heterocycles. The fraction of sp³-hybridized carbons (Fsp3) is 0.588. The molecule has 2 heterocycles. The molecule has 10 heteroatoms. The highest BCUT2D eigenvalue weighted by molar-refractivity contribution is 7.86. The van der Waals surface area contributed by atoms with E-state index >= 15 is 0 Å². The summed E-state index contributed by atoms with van der Waals surface area (Å²) in [4.78, 5) is 24.5. The van der Waals surface area contributed by atoms with E-state index in [1.54, 1.807) is 9.21 Å². The topological polar surface area (TPSA) is 104 Å². The van der Waals surface area contributed by atoms with Crippen LogP contribution in [0.4, 0.5) is 5.69 Å². The minimum atomic E-state index is -3.50. The molecule has 3 rings (SSSR count). The number of nitro benzene ring substituents is 1. The number of rotatable bonds is 4. The molecule has 0 atom stereocenters. The van der Waals surface area contributed by atoms with Gasteiger partial charge in [0.05, 0.1) is 4.92 Å². The van der Waals surface area contributed by atoms with E-state index in [0.717, 1.165) is 25.7 Å². The van der Waals surface area contributed by atoms with Crippen molar-refractivity contribution in [1.29, 1.82) is 0 Å². The molecule has 27 heavy (non-hydrogen) atoms. The summed E-state index contributed by atoms with van der Waals surface area (Å²) in [6.07, 6.45) is 3.87. The Labute approximate surface area is 158 Å². The Kier molecular flexibility index (Phi) is 6.08. The summed E-state index contributed by atoms with van der Waals surface area (Å²) < 4.78 is 28.7. The predicted octanol–water partition coefficient (Wildman–Crippen LogP) is 1.47. The minimum absolute atomic E-state index is 0.136. The lowest BCUT2D eigenvalue weighted by molar-refractivity contribution is -0.384. The molecular weight excluding hydrogens is 372 g/mol. The van der Waals surface area contributed by atoms with Crippen molar-refractivity contribution in [3.05, 3.63) is 39.9 Å². The minimum Gasteiger partial charge on any atom is -0.336 e. The Hall–Kier alpha value is -2.04. The molecule has 2 saturated heterocycles. The van der Waals surface area contributed by atoms with Gasteiger partial charge in [0.2, 0.25) is 0 Å². The van der Waals surface area contributed by atoms with Crippen LogP contribution in [0.15, 0.2) is 24.3 Å². The van der Waals surface area contributed by atoms with E-state index in [1.165, 1.54) is 28.6 Å². The van der Waals surface area contributed by atoms with Crippen molar-refractivity contribution in [2.45, 2.75) is 25.7 Å². The summed E-state index contributed by atoms with van der Waals surface area (Å²) in [5.41, 5.74) is 0.108. The molecule has 1 aromatic rings. The van der Waals surface area contributed by atoms with E-state index in [1.807, 2.05) is 0 Å². The zero-order valence-electron chi connectivity index (χ0n) is 15.1. The highest BCUT2D eigenvalue weighted by atomic mass is 32.2. The van der Waals surface area contributed by atoms with E-state index < -0.39 is 15.1 Å². The number of carbonyl (C=O) groups is 1. The molecule has 1 amide bonds. The van der Waals surface area contributed by atoms with Gasteiger partial charge in [-0.2, -0.15) is 17.0 Å². The van der Waals surface area contributed by atoms with Gasteiger partial charge < -0.3 is 4.90 Å². The number of nitro groups is 1. The quantitative estimate of drug-likeness (QED) is 0.566. The first kappa shape index (κ1) is 19.7. The molecule has 2 fully saturated rings. The number of piperazine rings is 1. The SMILES string of the molecule is O=C(c1cccc([N+](=O)[O-])c1)N1CCN(S(=O)(=O)N2CCCCCC2)CC1. The Morgan fingerprint density at radius 3 is 2.11 bits per heavy atom. The van der Waals surface area contributed by atoms with Gasteiger partial charge in [-0.25, -0.2) is 0 Å². The first-order chi connectivity index (χ1) is 12.9. The monoisotopic (exact) mass is 396 g/mol. The average molecular weight is 396 g/mol. The third kappa shape index (κ3) is 4.45. The van der Waals surface area contributed by atoms with E-state index in [9.17, 15) is 23.3 Å². The van der Waals surface area contributed by atoms with Crippen LogP contribution in [0.3, 0.4) is 0 Å². The number of hydrogen-bond donors (Lipinski definition) is 0. The maximum absolute atomic E-state index is 12.8. The van der Waals surface area contributed by atoms with Crippen molar-refractivity contribution < 1.29 is 18.1 Å². The lowest BCUT2D eigenvalue weighted by Gasteiger charge is -2.36. The van der Waals surface area contributed by atoms with E-state index in [4.69, 9.17) is 0 Å². The van der Waals surface area contributed by atoms with E-state index in [0.29, 0.717) is 13.1 Å². The van der Waals surface area contributed by atoms with Crippen LogP contribution in [-0.4, -0.2) is 72.0 Å². The summed E-state index contributed by atoms with van der Waals surface area (Å²) in [7, 11) is -3.50. The predicted molar refractivity (Wildman–Crippen MR) is 99.5 cm³/mol. The third-order valence-corrected chi connectivity index (χ3v) is 7.08. The van der Waals surface area contributed by atoms with Crippen LogP contribution in [0.1, 0.15) is 36.0 Å². The second kappa shape index (κ2) is 8.32. The molecule has 2 aliphatic rings. The van der Waals surface area contributed by atoms with Gasteiger partial charge in [-0.15, -0.1) is 0 Å². The number of amides is 1. The number of benzene rings is 1. The molecule has 9 nitrogen and oxygen atoms in total. The maximum atomic E-state index is 12.8. The van der Waals surface area contributed by atoms with Gasteiger partial charge in [-0.3, -0.25) is 14.9 Å². The maximum Gasteiger partial charge on any atom is 0.282 e. The van der Waals surface area contributed by atoms with Crippen LogP contribution < -0.4 is 0 Å². The van der Waals surface area contributed by atoms with Gasteiger partial charge in [0, 0.05) is 57.0 Å². The fourth-order valence-electron chi connectivity index (χ4n) is 3.49. The van der Waals surface area contributed by atoms with Crippen molar-refractivity contribution >= 4 is 21.8 Å². The van der Waals surface area contributed by atoms with Crippen LogP contribution >= 0.6 is 0 Å². The fourth-order valence-corrected chi connectivity index (χ4v) is 5.16.